The van der Waals surface area contributed by atoms with E-state index in [0.29, 0.717) is 26.1 Å². The Kier molecular flexibility index (Phi) is 6.08. The molecule has 7 nitrogen and oxygen atoms in total. The predicted molar refractivity (Wildman–Crippen MR) is 103 cm³/mol. The lowest BCUT2D eigenvalue weighted by molar-refractivity contribution is -0.137. The minimum Gasteiger partial charge on any atom is -0.341 e. The van der Waals surface area contributed by atoms with Gasteiger partial charge in [-0.05, 0) is 37.1 Å². The summed E-state index contributed by atoms with van der Waals surface area (Å²) >= 11 is 0. The van der Waals surface area contributed by atoms with Crippen LogP contribution in [0.4, 0.5) is 4.39 Å². The van der Waals surface area contributed by atoms with Gasteiger partial charge in [-0.2, -0.15) is 5.10 Å². The van der Waals surface area contributed by atoms with Gasteiger partial charge in [-0.15, -0.1) is 0 Å². The molecule has 1 saturated heterocycles. The lowest BCUT2D eigenvalue weighted by Gasteiger charge is -2.26. The van der Waals surface area contributed by atoms with Crippen LogP contribution in [0.1, 0.15) is 25.3 Å². The first-order chi connectivity index (χ1) is 13.3. The number of aromatic nitrogens is 2. The Morgan fingerprint density at radius 2 is 1.96 bits per heavy atom. The van der Waals surface area contributed by atoms with E-state index in [1.807, 2.05) is 6.20 Å². The predicted octanol–water partition coefficient (Wildman–Crippen LogP) is 1.56. The number of benzene rings is 1. The van der Waals surface area contributed by atoms with E-state index in [9.17, 15) is 14.0 Å². The second-order valence-corrected chi connectivity index (χ2v) is 7.42. The minimum atomic E-state index is -0.302. The van der Waals surface area contributed by atoms with Crippen molar-refractivity contribution in [1.29, 1.82) is 0 Å². The fraction of sp³-hybridized carbons (Fsp3) is 0.450. The van der Waals surface area contributed by atoms with Crippen LogP contribution in [0.5, 0.6) is 0 Å². The third kappa shape index (κ3) is 4.75. The summed E-state index contributed by atoms with van der Waals surface area (Å²) in [5.74, 6) is -0.618. The zero-order chi connectivity index (χ0) is 20.3. The number of nitrogens with zero attached hydrogens (tertiary/aromatic N) is 4. The SMILES string of the molecule is CC(=O)N1C[C@@H](N)CC[C@@H](C(=O)N(C)Cc2cnn(-c3ccc(F)cc3)c2)C1. The summed E-state index contributed by atoms with van der Waals surface area (Å²) in [6, 6.07) is 5.95. The molecule has 1 aromatic heterocycles. The monoisotopic (exact) mass is 387 g/mol. The van der Waals surface area contributed by atoms with E-state index >= 15 is 0 Å². The van der Waals surface area contributed by atoms with Crippen molar-refractivity contribution in [2.75, 3.05) is 20.1 Å². The number of rotatable bonds is 4. The van der Waals surface area contributed by atoms with Crippen molar-refractivity contribution in [3.8, 4) is 5.69 Å². The summed E-state index contributed by atoms with van der Waals surface area (Å²) in [7, 11) is 1.75. The molecule has 1 aliphatic heterocycles. The Balaban J connectivity index is 1.65. The van der Waals surface area contributed by atoms with Gasteiger partial charge in [0.15, 0.2) is 0 Å². The summed E-state index contributed by atoms with van der Waals surface area (Å²) in [6.07, 6.45) is 4.90. The normalized spacial score (nSPS) is 19.9. The molecule has 1 aliphatic rings. The van der Waals surface area contributed by atoms with Gasteiger partial charge in [0.1, 0.15) is 5.82 Å². The summed E-state index contributed by atoms with van der Waals surface area (Å²) in [5, 5.41) is 4.29. The molecular formula is C20H26FN5O2. The molecule has 1 fully saturated rings. The fourth-order valence-electron chi connectivity index (χ4n) is 3.52. The number of hydrogen-bond acceptors (Lipinski definition) is 4. The molecular weight excluding hydrogens is 361 g/mol. The van der Waals surface area contributed by atoms with E-state index in [0.717, 1.165) is 17.7 Å². The summed E-state index contributed by atoms with van der Waals surface area (Å²) in [4.78, 5) is 28.0. The summed E-state index contributed by atoms with van der Waals surface area (Å²) < 4.78 is 14.7. The van der Waals surface area contributed by atoms with Crippen LogP contribution < -0.4 is 5.73 Å². The van der Waals surface area contributed by atoms with Crippen molar-refractivity contribution < 1.29 is 14.0 Å². The zero-order valence-electron chi connectivity index (χ0n) is 16.2. The van der Waals surface area contributed by atoms with Gasteiger partial charge in [-0.3, -0.25) is 9.59 Å². The average molecular weight is 387 g/mol. The minimum absolute atomic E-state index is 0.00474. The van der Waals surface area contributed by atoms with Gasteiger partial charge >= 0.3 is 0 Å². The molecule has 8 heteroatoms. The Hall–Kier alpha value is -2.74. The van der Waals surface area contributed by atoms with Gasteiger partial charge in [0.25, 0.3) is 0 Å². The Morgan fingerprint density at radius 1 is 1.25 bits per heavy atom. The highest BCUT2D eigenvalue weighted by Gasteiger charge is 2.30. The third-order valence-electron chi connectivity index (χ3n) is 5.10. The number of amides is 2. The molecule has 0 bridgehead atoms. The topological polar surface area (TPSA) is 84.5 Å². The number of carbonyl (C=O) groups excluding carboxylic acids is 2. The van der Waals surface area contributed by atoms with Crippen LogP contribution in [0.3, 0.4) is 0 Å². The Labute approximate surface area is 163 Å². The largest absolute Gasteiger partial charge is 0.341 e. The van der Waals surface area contributed by atoms with Crippen molar-refractivity contribution in [3.63, 3.8) is 0 Å². The van der Waals surface area contributed by atoms with Crippen LogP contribution in [0.15, 0.2) is 36.7 Å². The van der Waals surface area contributed by atoms with Gasteiger partial charge in [-0.25, -0.2) is 9.07 Å². The maximum atomic E-state index is 13.1. The molecule has 2 heterocycles. The highest BCUT2D eigenvalue weighted by atomic mass is 19.1. The molecule has 2 N–H and O–H groups in total. The maximum absolute atomic E-state index is 13.1. The van der Waals surface area contributed by atoms with Gasteiger partial charge < -0.3 is 15.5 Å². The smallest absolute Gasteiger partial charge is 0.227 e. The Morgan fingerprint density at radius 3 is 2.64 bits per heavy atom. The van der Waals surface area contributed by atoms with E-state index in [4.69, 9.17) is 5.73 Å². The summed E-state index contributed by atoms with van der Waals surface area (Å²) in [5.41, 5.74) is 7.66. The second-order valence-electron chi connectivity index (χ2n) is 7.42. The standard InChI is InChI=1S/C20H26FN5O2/c1-14(27)25-12-16(3-6-18(22)13-25)20(28)24(2)10-15-9-23-26(11-15)19-7-4-17(21)5-8-19/h4-5,7-9,11,16,18H,3,6,10,12-13,22H2,1-2H3/t16-,18+/m1/s1. The van der Waals surface area contributed by atoms with Crippen molar-refractivity contribution >= 4 is 11.8 Å². The van der Waals surface area contributed by atoms with E-state index in [2.05, 4.69) is 5.10 Å². The maximum Gasteiger partial charge on any atom is 0.227 e. The van der Waals surface area contributed by atoms with Gasteiger partial charge in [0.05, 0.1) is 17.8 Å². The van der Waals surface area contributed by atoms with Gasteiger partial charge in [0.2, 0.25) is 11.8 Å². The van der Waals surface area contributed by atoms with E-state index in [1.165, 1.54) is 19.1 Å². The van der Waals surface area contributed by atoms with E-state index in [1.54, 1.807) is 39.9 Å². The van der Waals surface area contributed by atoms with E-state index in [-0.39, 0.29) is 29.6 Å². The van der Waals surface area contributed by atoms with Crippen molar-refractivity contribution in [2.45, 2.75) is 32.4 Å². The van der Waals surface area contributed by atoms with Crippen LogP contribution in [-0.2, 0) is 16.1 Å². The highest BCUT2D eigenvalue weighted by molar-refractivity contribution is 5.80. The quantitative estimate of drug-likeness (QED) is 0.863. The van der Waals surface area contributed by atoms with Crippen LogP contribution in [0.2, 0.25) is 0 Å². The van der Waals surface area contributed by atoms with Crippen LogP contribution in [0, 0.1) is 11.7 Å². The molecule has 150 valence electrons. The van der Waals surface area contributed by atoms with E-state index < -0.39 is 0 Å². The van der Waals surface area contributed by atoms with Gasteiger partial charge in [0, 0.05) is 51.4 Å². The molecule has 0 radical (unpaired) electrons. The number of hydrogen-bond donors (Lipinski definition) is 1. The lowest BCUT2D eigenvalue weighted by Crippen LogP contribution is -2.42. The van der Waals surface area contributed by atoms with Crippen molar-refractivity contribution in [1.82, 2.24) is 19.6 Å². The molecule has 2 aromatic rings. The molecule has 0 unspecified atom stereocenters. The molecule has 1 aromatic carbocycles. The first kappa shape index (κ1) is 20.0. The molecule has 2 amide bonds. The fourth-order valence-corrected chi connectivity index (χ4v) is 3.52. The highest BCUT2D eigenvalue weighted by Crippen LogP contribution is 2.19. The number of carbonyl (C=O) groups is 2. The summed E-state index contributed by atoms with van der Waals surface area (Å²) in [6.45, 7) is 2.81. The average Bonchev–Trinajstić information content (AvgIpc) is 3.02. The van der Waals surface area contributed by atoms with Crippen LogP contribution in [0.25, 0.3) is 5.69 Å². The molecule has 0 saturated carbocycles. The molecule has 2 atom stereocenters. The second kappa shape index (κ2) is 8.52. The zero-order valence-corrected chi connectivity index (χ0v) is 16.2. The number of likely N-dealkylation sites (tertiary alicyclic amines) is 1. The molecule has 28 heavy (non-hydrogen) atoms. The third-order valence-corrected chi connectivity index (χ3v) is 5.10. The van der Waals surface area contributed by atoms with Crippen LogP contribution >= 0.6 is 0 Å². The lowest BCUT2D eigenvalue weighted by atomic mass is 10.0. The number of halogens is 1. The first-order valence-electron chi connectivity index (χ1n) is 9.39. The van der Waals surface area contributed by atoms with Gasteiger partial charge in [-0.1, -0.05) is 0 Å². The molecule has 0 spiro atoms. The Bertz CT molecular complexity index is 835. The van der Waals surface area contributed by atoms with Crippen molar-refractivity contribution in [2.24, 2.45) is 11.7 Å². The van der Waals surface area contributed by atoms with Crippen LogP contribution in [-0.4, -0.2) is 57.6 Å². The van der Waals surface area contributed by atoms with Crippen molar-refractivity contribution in [3.05, 3.63) is 48.0 Å². The first-order valence-corrected chi connectivity index (χ1v) is 9.39. The number of nitrogens with two attached hydrogens (primary N) is 1. The molecule has 0 aliphatic carbocycles. The molecule has 3 rings (SSSR count).